The highest BCUT2D eigenvalue weighted by Crippen LogP contribution is 2.20. The molecule has 0 spiro atoms. The number of imidazole rings is 1. The molecule has 0 amide bonds. The Morgan fingerprint density at radius 1 is 1.48 bits per heavy atom. The fraction of sp³-hybridized carbons (Fsp3) is 0.400. The van der Waals surface area contributed by atoms with Gasteiger partial charge in [-0.2, -0.15) is 0 Å². The molecule has 21 heavy (non-hydrogen) atoms. The zero-order valence-electron chi connectivity index (χ0n) is 12.0. The second-order valence-corrected chi connectivity index (χ2v) is 5.29. The molecule has 1 atom stereocenters. The molecule has 0 aliphatic carbocycles. The zero-order valence-corrected chi connectivity index (χ0v) is 12.8. The third kappa shape index (κ3) is 5.38. The lowest BCUT2D eigenvalue weighted by Crippen LogP contribution is -2.33. The number of nitrogens with zero attached hydrogens (tertiary/aromatic N) is 2. The molecule has 2 aromatic rings. The van der Waals surface area contributed by atoms with Crippen molar-refractivity contribution in [2.75, 3.05) is 19.7 Å². The van der Waals surface area contributed by atoms with Crippen LogP contribution in [0.1, 0.15) is 5.56 Å². The van der Waals surface area contributed by atoms with Crippen LogP contribution in [0.3, 0.4) is 0 Å². The van der Waals surface area contributed by atoms with E-state index in [2.05, 4.69) is 10.3 Å². The molecule has 1 aromatic carbocycles. The Morgan fingerprint density at radius 2 is 2.33 bits per heavy atom. The SMILES string of the molecule is Cc1cc(OCC(O)CNCCn2ccnc2)ccc1Cl. The van der Waals surface area contributed by atoms with Crippen LogP contribution in [0.2, 0.25) is 5.02 Å². The first kappa shape index (κ1) is 15.8. The molecular weight excluding hydrogens is 290 g/mol. The maximum atomic E-state index is 9.86. The molecule has 0 fully saturated rings. The van der Waals surface area contributed by atoms with Crippen molar-refractivity contribution in [1.82, 2.24) is 14.9 Å². The maximum Gasteiger partial charge on any atom is 0.119 e. The van der Waals surface area contributed by atoms with Crippen LogP contribution in [0.15, 0.2) is 36.9 Å². The third-order valence-corrected chi connectivity index (χ3v) is 3.48. The van der Waals surface area contributed by atoms with Crippen molar-refractivity contribution in [3.05, 3.63) is 47.5 Å². The van der Waals surface area contributed by atoms with Gasteiger partial charge in [0.25, 0.3) is 0 Å². The lowest BCUT2D eigenvalue weighted by atomic mass is 10.2. The standard InChI is InChI=1S/C15H20ClN3O2/c1-12-8-14(2-3-15(12)16)21-10-13(20)9-17-4-6-19-7-5-18-11-19/h2-3,5,7-8,11,13,17,20H,4,6,9-10H2,1H3. The molecule has 1 aromatic heterocycles. The smallest absolute Gasteiger partial charge is 0.119 e. The molecule has 2 N–H and O–H groups in total. The van der Waals surface area contributed by atoms with Crippen LogP contribution in [-0.2, 0) is 6.54 Å². The molecule has 6 heteroatoms. The summed E-state index contributed by atoms with van der Waals surface area (Å²) in [6.07, 6.45) is 4.87. The average Bonchev–Trinajstić information content (AvgIpc) is 2.98. The van der Waals surface area contributed by atoms with Crippen molar-refractivity contribution in [1.29, 1.82) is 0 Å². The Balaban J connectivity index is 1.62. The Labute approximate surface area is 129 Å². The quantitative estimate of drug-likeness (QED) is 0.731. The van der Waals surface area contributed by atoms with Gasteiger partial charge >= 0.3 is 0 Å². The molecular formula is C15H20ClN3O2. The van der Waals surface area contributed by atoms with Crippen molar-refractivity contribution in [2.24, 2.45) is 0 Å². The molecule has 5 nitrogen and oxygen atoms in total. The fourth-order valence-electron chi connectivity index (χ4n) is 1.85. The number of ether oxygens (including phenoxy) is 1. The summed E-state index contributed by atoms with van der Waals surface area (Å²) < 4.78 is 7.52. The van der Waals surface area contributed by atoms with Gasteiger partial charge in [0.15, 0.2) is 0 Å². The Hall–Kier alpha value is -1.56. The second kappa shape index (κ2) is 8.02. The summed E-state index contributed by atoms with van der Waals surface area (Å²) in [4.78, 5) is 3.97. The topological polar surface area (TPSA) is 59.3 Å². The summed E-state index contributed by atoms with van der Waals surface area (Å²) in [6.45, 7) is 4.25. The van der Waals surface area contributed by atoms with Gasteiger partial charge in [0.1, 0.15) is 18.5 Å². The minimum absolute atomic E-state index is 0.249. The Morgan fingerprint density at radius 3 is 3.05 bits per heavy atom. The molecule has 0 saturated heterocycles. The van der Waals surface area contributed by atoms with E-state index in [1.165, 1.54) is 0 Å². The van der Waals surface area contributed by atoms with Gasteiger partial charge in [0.2, 0.25) is 0 Å². The number of hydrogen-bond donors (Lipinski definition) is 2. The van der Waals surface area contributed by atoms with Crippen molar-refractivity contribution < 1.29 is 9.84 Å². The monoisotopic (exact) mass is 309 g/mol. The molecule has 1 unspecified atom stereocenters. The highest BCUT2D eigenvalue weighted by Gasteiger charge is 2.05. The van der Waals surface area contributed by atoms with E-state index in [4.69, 9.17) is 16.3 Å². The van der Waals surface area contributed by atoms with Gasteiger partial charge in [-0.3, -0.25) is 0 Å². The molecule has 0 saturated carbocycles. The van der Waals surface area contributed by atoms with E-state index in [-0.39, 0.29) is 6.61 Å². The zero-order chi connectivity index (χ0) is 15.1. The number of aryl methyl sites for hydroxylation is 1. The van der Waals surface area contributed by atoms with Gasteiger partial charge in [0.05, 0.1) is 6.33 Å². The van der Waals surface area contributed by atoms with Gasteiger partial charge < -0.3 is 19.7 Å². The molecule has 0 aliphatic heterocycles. The number of aromatic nitrogens is 2. The predicted octanol–water partition coefficient (Wildman–Crippen LogP) is 1.87. The van der Waals surface area contributed by atoms with E-state index < -0.39 is 6.10 Å². The lowest BCUT2D eigenvalue weighted by Gasteiger charge is -2.14. The van der Waals surface area contributed by atoms with Gasteiger partial charge in [0, 0.05) is 37.1 Å². The van der Waals surface area contributed by atoms with Crippen molar-refractivity contribution in [3.8, 4) is 5.75 Å². The first-order chi connectivity index (χ1) is 10.1. The van der Waals surface area contributed by atoms with E-state index in [0.29, 0.717) is 11.6 Å². The number of rotatable bonds is 8. The van der Waals surface area contributed by atoms with E-state index in [1.807, 2.05) is 23.8 Å². The molecule has 0 radical (unpaired) electrons. The number of nitrogens with one attached hydrogen (secondary N) is 1. The highest BCUT2D eigenvalue weighted by atomic mass is 35.5. The summed E-state index contributed by atoms with van der Waals surface area (Å²) in [5.74, 6) is 0.717. The van der Waals surface area contributed by atoms with E-state index in [1.54, 1.807) is 24.7 Å². The number of halogens is 1. The van der Waals surface area contributed by atoms with Gasteiger partial charge in [-0.05, 0) is 30.7 Å². The van der Waals surface area contributed by atoms with Crippen molar-refractivity contribution in [3.63, 3.8) is 0 Å². The minimum Gasteiger partial charge on any atom is -0.491 e. The number of aliphatic hydroxyl groups is 1. The number of aliphatic hydroxyl groups excluding tert-OH is 1. The van der Waals surface area contributed by atoms with Gasteiger partial charge in [-0.1, -0.05) is 11.6 Å². The minimum atomic E-state index is -0.552. The van der Waals surface area contributed by atoms with Gasteiger partial charge in [-0.25, -0.2) is 4.98 Å². The fourth-order valence-corrected chi connectivity index (χ4v) is 1.97. The van der Waals surface area contributed by atoms with Crippen LogP contribution in [0.5, 0.6) is 5.75 Å². The van der Waals surface area contributed by atoms with Crippen LogP contribution in [-0.4, -0.2) is 40.5 Å². The summed E-state index contributed by atoms with van der Waals surface area (Å²) >= 11 is 5.95. The summed E-state index contributed by atoms with van der Waals surface area (Å²) in [5.41, 5.74) is 0.960. The predicted molar refractivity (Wildman–Crippen MR) is 82.8 cm³/mol. The number of benzene rings is 1. The van der Waals surface area contributed by atoms with E-state index in [0.717, 1.165) is 24.4 Å². The highest BCUT2D eigenvalue weighted by molar-refractivity contribution is 6.31. The van der Waals surface area contributed by atoms with Crippen LogP contribution in [0.4, 0.5) is 0 Å². The molecule has 2 rings (SSSR count). The van der Waals surface area contributed by atoms with E-state index in [9.17, 15) is 5.11 Å². The first-order valence-corrected chi connectivity index (χ1v) is 7.26. The van der Waals surface area contributed by atoms with Crippen LogP contribution < -0.4 is 10.1 Å². The average molecular weight is 310 g/mol. The summed E-state index contributed by atoms with van der Waals surface area (Å²) in [6, 6.07) is 5.46. The normalized spacial score (nSPS) is 12.3. The molecule has 114 valence electrons. The lowest BCUT2D eigenvalue weighted by molar-refractivity contribution is 0.106. The largest absolute Gasteiger partial charge is 0.491 e. The molecule has 1 heterocycles. The first-order valence-electron chi connectivity index (χ1n) is 6.88. The summed E-state index contributed by atoms with van der Waals surface area (Å²) in [5, 5.41) is 13.8. The Kier molecular flexibility index (Phi) is 6.04. The summed E-state index contributed by atoms with van der Waals surface area (Å²) in [7, 11) is 0. The van der Waals surface area contributed by atoms with Crippen LogP contribution >= 0.6 is 11.6 Å². The van der Waals surface area contributed by atoms with Gasteiger partial charge in [-0.15, -0.1) is 0 Å². The van der Waals surface area contributed by atoms with Crippen LogP contribution in [0.25, 0.3) is 0 Å². The van der Waals surface area contributed by atoms with Crippen molar-refractivity contribution >= 4 is 11.6 Å². The van der Waals surface area contributed by atoms with Crippen molar-refractivity contribution in [2.45, 2.75) is 19.6 Å². The molecule has 0 aliphatic rings. The maximum absolute atomic E-state index is 9.86. The molecule has 0 bridgehead atoms. The Bertz CT molecular complexity index is 546. The second-order valence-electron chi connectivity index (χ2n) is 4.88. The van der Waals surface area contributed by atoms with Crippen LogP contribution in [0, 0.1) is 6.92 Å². The number of hydrogen-bond acceptors (Lipinski definition) is 4. The van der Waals surface area contributed by atoms with E-state index >= 15 is 0 Å². The third-order valence-electron chi connectivity index (χ3n) is 3.06.